The van der Waals surface area contributed by atoms with Gasteiger partial charge in [-0.3, -0.25) is 4.79 Å². The van der Waals surface area contributed by atoms with E-state index in [-0.39, 0.29) is 6.42 Å². The van der Waals surface area contributed by atoms with E-state index < -0.39 is 5.97 Å². The lowest BCUT2D eigenvalue weighted by molar-refractivity contribution is -0.136. The SMILES string of the molecule is Cc1[nH]c(-c2ccco2)nc1CC(=O)O. The van der Waals surface area contributed by atoms with Crippen LogP contribution < -0.4 is 0 Å². The van der Waals surface area contributed by atoms with Crippen LogP contribution in [0.15, 0.2) is 22.8 Å². The molecule has 0 amide bonds. The Morgan fingerprint density at radius 3 is 3.07 bits per heavy atom. The number of imidazole rings is 1. The van der Waals surface area contributed by atoms with Gasteiger partial charge in [-0.15, -0.1) is 0 Å². The van der Waals surface area contributed by atoms with E-state index in [0.29, 0.717) is 17.3 Å². The molecule has 5 heteroatoms. The molecular weight excluding hydrogens is 196 g/mol. The average molecular weight is 206 g/mol. The first kappa shape index (κ1) is 9.51. The summed E-state index contributed by atoms with van der Waals surface area (Å²) in [6, 6.07) is 3.52. The Hall–Kier alpha value is -2.04. The van der Waals surface area contributed by atoms with Gasteiger partial charge in [-0.05, 0) is 19.1 Å². The minimum atomic E-state index is -0.893. The maximum absolute atomic E-state index is 10.5. The third-order valence-corrected chi connectivity index (χ3v) is 2.06. The number of nitrogens with one attached hydrogen (secondary N) is 1. The molecule has 0 bridgehead atoms. The molecule has 0 aliphatic rings. The maximum Gasteiger partial charge on any atom is 0.309 e. The zero-order valence-electron chi connectivity index (χ0n) is 8.15. The fourth-order valence-electron chi connectivity index (χ4n) is 1.34. The predicted molar refractivity (Wildman–Crippen MR) is 52.4 cm³/mol. The summed E-state index contributed by atoms with van der Waals surface area (Å²) in [4.78, 5) is 17.7. The summed E-state index contributed by atoms with van der Waals surface area (Å²) in [5, 5.41) is 8.65. The Morgan fingerprint density at radius 2 is 2.47 bits per heavy atom. The van der Waals surface area contributed by atoms with Gasteiger partial charge in [0.2, 0.25) is 0 Å². The summed E-state index contributed by atoms with van der Waals surface area (Å²) in [5.41, 5.74) is 1.29. The van der Waals surface area contributed by atoms with Crippen molar-refractivity contribution in [3.63, 3.8) is 0 Å². The van der Waals surface area contributed by atoms with Crippen LogP contribution in [0.4, 0.5) is 0 Å². The van der Waals surface area contributed by atoms with Crippen molar-refractivity contribution < 1.29 is 14.3 Å². The monoisotopic (exact) mass is 206 g/mol. The standard InChI is InChI=1S/C10H10N2O3/c1-6-7(5-9(13)14)12-10(11-6)8-3-2-4-15-8/h2-4H,5H2,1H3,(H,11,12)(H,13,14). The molecule has 2 heterocycles. The summed E-state index contributed by atoms with van der Waals surface area (Å²) < 4.78 is 5.15. The van der Waals surface area contributed by atoms with Gasteiger partial charge in [-0.1, -0.05) is 0 Å². The second-order valence-corrected chi connectivity index (χ2v) is 3.20. The van der Waals surface area contributed by atoms with Crippen LogP contribution in [0.2, 0.25) is 0 Å². The predicted octanol–water partition coefficient (Wildman–Crippen LogP) is 1.61. The van der Waals surface area contributed by atoms with Crippen LogP contribution in [-0.4, -0.2) is 21.0 Å². The molecule has 0 radical (unpaired) electrons. The van der Waals surface area contributed by atoms with E-state index in [1.165, 1.54) is 0 Å². The first-order valence-corrected chi connectivity index (χ1v) is 4.48. The van der Waals surface area contributed by atoms with Crippen LogP contribution in [0.25, 0.3) is 11.6 Å². The molecule has 0 atom stereocenters. The molecule has 0 saturated heterocycles. The molecular formula is C10H10N2O3. The first-order chi connectivity index (χ1) is 7.16. The van der Waals surface area contributed by atoms with Gasteiger partial charge in [-0.2, -0.15) is 0 Å². The molecule has 2 N–H and O–H groups in total. The van der Waals surface area contributed by atoms with Crippen molar-refractivity contribution in [2.45, 2.75) is 13.3 Å². The molecule has 0 spiro atoms. The number of carboxylic acid groups (broad SMARTS) is 1. The zero-order chi connectivity index (χ0) is 10.8. The first-order valence-electron chi connectivity index (χ1n) is 4.48. The summed E-state index contributed by atoms with van der Waals surface area (Å²) in [5.74, 6) is 0.277. The molecule has 78 valence electrons. The number of carbonyl (C=O) groups is 1. The Balaban J connectivity index is 2.33. The number of aliphatic carboxylic acids is 1. The Bertz CT molecular complexity index is 471. The van der Waals surface area contributed by atoms with Gasteiger partial charge in [0.25, 0.3) is 0 Å². The second-order valence-electron chi connectivity index (χ2n) is 3.20. The zero-order valence-corrected chi connectivity index (χ0v) is 8.15. The molecule has 0 fully saturated rings. The minimum Gasteiger partial charge on any atom is -0.481 e. The lowest BCUT2D eigenvalue weighted by atomic mass is 10.3. The largest absolute Gasteiger partial charge is 0.481 e. The number of furan rings is 1. The highest BCUT2D eigenvalue weighted by Gasteiger charge is 2.12. The van der Waals surface area contributed by atoms with Crippen molar-refractivity contribution in [3.05, 3.63) is 29.8 Å². The normalized spacial score (nSPS) is 10.5. The van der Waals surface area contributed by atoms with Crippen LogP contribution >= 0.6 is 0 Å². The third-order valence-electron chi connectivity index (χ3n) is 2.06. The number of hydrogen-bond acceptors (Lipinski definition) is 3. The quantitative estimate of drug-likeness (QED) is 0.799. The number of nitrogens with zero attached hydrogens (tertiary/aromatic N) is 1. The molecule has 2 rings (SSSR count). The van der Waals surface area contributed by atoms with Gasteiger partial charge >= 0.3 is 5.97 Å². The van der Waals surface area contributed by atoms with Crippen molar-refractivity contribution in [3.8, 4) is 11.6 Å². The van der Waals surface area contributed by atoms with E-state index in [1.807, 2.05) is 0 Å². The third kappa shape index (κ3) is 1.90. The highest BCUT2D eigenvalue weighted by Crippen LogP contribution is 2.18. The smallest absolute Gasteiger partial charge is 0.309 e. The topological polar surface area (TPSA) is 79.1 Å². The van der Waals surface area contributed by atoms with Crippen molar-refractivity contribution in [2.75, 3.05) is 0 Å². The Labute approximate surface area is 85.8 Å². The van der Waals surface area contributed by atoms with Gasteiger partial charge in [0, 0.05) is 5.69 Å². The molecule has 0 aromatic carbocycles. The second kappa shape index (κ2) is 3.61. The molecule has 2 aromatic heterocycles. The lowest BCUT2D eigenvalue weighted by Crippen LogP contribution is -2.01. The summed E-state index contributed by atoms with van der Waals surface area (Å²) in [7, 11) is 0. The summed E-state index contributed by atoms with van der Waals surface area (Å²) >= 11 is 0. The maximum atomic E-state index is 10.5. The van der Waals surface area contributed by atoms with Crippen molar-refractivity contribution in [1.29, 1.82) is 0 Å². The molecule has 0 unspecified atom stereocenters. The van der Waals surface area contributed by atoms with E-state index >= 15 is 0 Å². The number of aryl methyl sites for hydroxylation is 1. The molecule has 0 aliphatic carbocycles. The van der Waals surface area contributed by atoms with Gasteiger partial charge < -0.3 is 14.5 Å². The number of aromatic nitrogens is 2. The van der Waals surface area contributed by atoms with Crippen LogP contribution in [-0.2, 0) is 11.2 Å². The van der Waals surface area contributed by atoms with E-state index in [1.54, 1.807) is 25.3 Å². The van der Waals surface area contributed by atoms with E-state index in [9.17, 15) is 4.79 Å². The molecule has 0 saturated carbocycles. The summed E-state index contributed by atoms with van der Waals surface area (Å²) in [6.07, 6.45) is 1.47. The van der Waals surface area contributed by atoms with Crippen LogP contribution in [0.3, 0.4) is 0 Å². The highest BCUT2D eigenvalue weighted by molar-refractivity contribution is 5.70. The fourth-order valence-corrected chi connectivity index (χ4v) is 1.34. The number of aromatic amines is 1. The van der Waals surface area contributed by atoms with Crippen molar-refractivity contribution in [2.24, 2.45) is 0 Å². The molecule has 5 nitrogen and oxygen atoms in total. The number of rotatable bonds is 3. The van der Waals surface area contributed by atoms with Crippen LogP contribution in [0.1, 0.15) is 11.4 Å². The Kier molecular flexibility index (Phi) is 2.29. The average Bonchev–Trinajstić information content (AvgIpc) is 2.75. The van der Waals surface area contributed by atoms with Crippen LogP contribution in [0, 0.1) is 6.92 Å². The molecule has 0 aliphatic heterocycles. The van der Waals surface area contributed by atoms with E-state index in [2.05, 4.69) is 9.97 Å². The van der Waals surface area contributed by atoms with Crippen molar-refractivity contribution in [1.82, 2.24) is 9.97 Å². The van der Waals surface area contributed by atoms with Gasteiger partial charge in [0.15, 0.2) is 11.6 Å². The van der Waals surface area contributed by atoms with Gasteiger partial charge in [0.1, 0.15) is 0 Å². The molecule has 2 aromatic rings. The van der Waals surface area contributed by atoms with Gasteiger partial charge in [-0.25, -0.2) is 4.98 Å². The van der Waals surface area contributed by atoms with E-state index in [4.69, 9.17) is 9.52 Å². The van der Waals surface area contributed by atoms with E-state index in [0.717, 1.165) is 5.69 Å². The highest BCUT2D eigenvalue weighted by atomic mass is 16.4. The van der Waals surface area contributed by atoms with Crippen molar-refractivity contribution >= 4 is 5.97 Å². The number of H-pyrrole nitrogens is 1. The Morgan fingerprint density at radius 1 is 1.67 bits per heavy atom. The fraction of sp³-hybridized carbons (Fsp3) is 0.200. The van der Waals surface area contributed by atoms with Gasteiger partial charge in [0.05, 0.1) is 18.4 Å². The minimum absolute atomic E-state index is 0.0803. The number of hydrogen-bond donors (Lipinski definition) is 2. The number of carboxylic acids is 1. The van der Waals surface area contributed by atoms with Crippen LogP contribution in [0.5, 0.6) is 0 Å². The molecule has 15 heavy (non-hydrogen) atoms. The lowest BCUT2D eigenvalue weighted by Gasteiger charge is -1.90. The summed E-state index contributed by atoms with van der Waals surface area (Å²) in [6.45, 7) is 1.79.